The third-order valence-corrected chi connectivity index (χ3v) is 7.90. The van der Waals surface area contributed by atoms with Gasteiger partial charge in [0.2, 0.25) is 0 Å². The molecule has 32 heavy (non-hydrogen) atoms. The summed E-state index contributed by atoms with van der Waals surface area (Å²) in [7, 11) is 1.67. The Bertz CT molecular complexity index is 1540. The molecule has 0 N–H and O–H groups in total. The molecule has 0 saturated heterocycles. The highest BCUT2D eigenvalue weighted by Gasteiger charge is 2.32. The highest BCUT2D eigenvalue weighted by Crippen LogP contribution is 2.41. The molecule has 158 valence electrons. The second-order valence-electron chi connectivity index (χ2n) is 7.91. The average molecular weight is 457 g/mol. The fourth-order valence-electron chi connectivity index (χ4n) is 4.64. The molecular weight excluding hydrogens is 436 g/mol. The Morgan fingerprint density at radius 3 is 2.84 bits per heavy atom. The number of hydrogen-bond donors (Lipinski definition) is 0. The van der Waals surface area contributed by atoms with Gasteiger partial charge in [-0.25, -0.2) is 4.99 Å². The average Bonchev–Trinajstić information content (AvgIpc) is 3.46. The maximum absolute atomic E-state index is 13.6. The van der Waals surface area contributed by atoms with E-state index in [1.165, 1.54) is 28.0 Å². The van der Waals surface area contributed by atoms with Crippen molar-refractivity contribution in [2.45, 2.75) is 18.9 Å². The van der Waals surface area contributed by atoms with Gasteiger partial charge in [0.25, 0.3) is 5.56 Å². The van der Waals surface area contributed by atoms with Crippen LogP contribution in [-0.2, 0) is 6.42 Å². The first kappa shape index (κ1) is 19.5. The van der Waals surface area contributed by atoms with Crippen molar-refractivity contribution in [1.29, 1.82) is 0 Å². The third-order valence-electron chi connectivity index (χ3n) is 6.10. The predicted octanol–water partition coefficient (Wildman–Crippen LogP) is 4.39. The third kappa shape index (κ3) is 3.10. The molecule has 2 aromatic heterocycles. The Morgan fingerprint density at radius 1 is 1.09 bits per heavy atom. The van der Waals surface area contributed by atoms with E-state index >= 15 is 0 Å². The molecule has 2 aliphatic rings. The summed E-state index contributed by atoms with van der Waals surface area (Å²) < 4.78 is 8.10. The van der Waals surface area contributed by atoms with Gasteiger partial charge in [-0.1, -0.05) is 53.8 Å². The summed E-state index contributed by atoms with van der Waals surface area (Å²) in [6, 6.07) is 20.4. The number of benzene rings is 2. The number of ether oxygens (including phenoxy) is 1. The minimum atomic E-state index is -0.185. The molecule has 4 aromatic rings. The molecule has 2 aromatic carbocycles. The van der Waals surface area contributed by atoms with E-state index in [1.807, 2.05) is 46.4 Å². The minimum Gasteiger partial charge on any atom is -0.497 e. The lowest BCUT2D eigenvalue weighted by Crippen LogP contribution is -2.38. The fourth-order valence-corrected chi connectivity index (χ4v) is 6.36. The molecule has 1 aliphatic carbocycles. The van der Waals surface area contributed by atoms with E-state index in [2.05, 4.69) is 30.3 Å². The van der Waals surface area contributed by atoms with Crippen molar-refractivity contribution < 1.29 is 4.74 Å². The highest BCUT2D eigenvalue weighted by molar-refractivity contribution is 7.11. The molecule has 6 heteroatoms. The number of thiazole rings is 1. The van der Waals surface area contributed by atoms with Crippen molar-refractivity contribution in [2.24, 2.45) is 4.99 Å². The molecule has 1 aliphatic heterocycles. The van der Waals surface area contributed by atoms with Gasteiger partial charge in [-0.3, -0.25) is 9.36 Å². The molecule has 0 radical (unpaired) electrons. The zero-order chi connectivity index (χ0) is 21.7. The first-order valence-electron chi connectivity index (χ1n) is 10.5. The molecule has 0 bridgehead atoms. The van der Waals surface area contributed by atoms with Gasteiger partial charge in [0, 0.05) is 10.4 Å². The number of nitrogens with zero attached hydrogens (tertiary/aromatic N) is 2. The monoisotopic (exact) mass is 456 g/mol. The van der Waals surface area contributed by atoms with Gasteiger partial charge in [0.15, 0.2) is 4.80 Å². The van der Waals surface area contributed by atoms with Crippen LogP contribution >= 0.6 is 22.7 Å². The fraction of sp³-hybridized carbons (Fsp3) is 0.154. The predicted molar refractivity (Wildman–Crippen MR) is 130 cm³/mol. The van der Waals surface area contributed by atoms with Crippen LogP contribution in [0.3, 0.4) is 0 Å². The van der Waals surface area contributed by atoms with Crippen LogP contribution in [0.15, 0.2) is 81.4 Å². The number of hydrogen-bond acceptors (Lipinski definition) is 5. The van der Waals surface area contributed by atoms with E-state index in [-0.39, 0.29) is 11.6 Å². The SMILES string of the molecule is COc1cccc([C@@H]2C3=C(N=c4s/c(=C\c5cccs5)c(=O)n42)c2ccccc2CC3)c1. The van der Waals surface area contributed by atoms with Crippen molar-refractivity contribution in [1.82, 2.24) is 4.57 Å². The Morgan fingerprint density at radius 2 is 2.00 bits per heavy atom. The second-order valence-corrected chi connectivity index (χ2v) is 9.89. The van der Waals surface area contributed by atoms with Crippen LogP contribution < -0.4 is 19.6 Å². The highest BCUT2D eigenvalue weighted by atomic mass is 32.1. The quantitative estimate of drug-likeness (QED) is 0.459. The normalized spacial score (nSPS) is 17.4. The number of aryl methyl sites for hydroxylation is 1. The van der Waals surface area contributed by atoms with E-state index in [9.17, 15) is 4.79 Å². The zero-order valence-corrected chi connectivity index (χ0v) is 19.1. The van der Waals surface area contributed by atoms with E-state index < -0.39 is 0 Å². The first-order chi connectivity index (χ1) is 15.7. The number of aromatic nitrogens is 1. The lowest BCUT2D eigenvalue weighted by atomic mass is 9.83. The number of methoxy groups -OCH3 is 1. The van der Waals surface area contributed by atoms with Gasteiger partial charge >= 0.3 is 0 Å². The Balaban J connectivity index is 1.65. The van der Waals surface area contributed by atoms with Gasteiger partial charge < -0.3 is 4.74 Å². The van der Waals surface area contributed by atoms with Crippen molar-refractivity contribution >= 4 is 34.4 Å². The molecule has 0 saturated carbocycles. The summed E-state index contributed by atoms with van der Waals surface area (Å²) in [5.41, 5.74) is 5.78. The van der Waals surface area contributed by atoms with Gasteiger partial charge in [0.05, 0.1) is 23.4 Å². The number of thiophene rings is 1. The maximum atomic E-state index is 13.6. The van der Waals surface area contributed by atoms with Gasteiger partial charge in [-0.2, -0.15) is 0 Å². The number of fused-ring (bicyclic) bond motifs is 3. The smallest absolute Gasteiger partial charge is 0.271 e. The lowest BCUT2D eigenvalue weighted by Gasteiger charge is -2.31. The van der Waals surface area contributed by atoms with Crippen LogP contribution in [0.5, 0.6) is 5.75 Å². The molecule has 6 rings (SSSR count). The molecule has 1 atom stereocenters. The topological polar surface area (TPSA) is 43.6 Å². The van der Waals surface area contributed by atoms with Crippen LogP contribution in [0.2, 0.25) is 0 Å². The molecular formula is C26H20N2O2S2. The first-order valence-corrected chi connectivity index (χ1v) is 12.2. The standard InChI is InChI=1S/C26H20N2O2S2/c1-30-18-8-4-7-17(14-18)24-21-12-11-16-6-2-3-10-20(16)23(21)27-26-28(24)25(29)22(32-26)15-19-9-5-13-31-19/h2-10,13-15,24H,11-12H2,1H3/b22-15-/t24-/m1/s1. The van der Waals surface area contributed by atoms with Gasteiger partial charge in [0.1, 0.15) is 5.75 Å². The Hall–Kier alpha value is -3.22. The summed E-state index contributed by atoms with van der Waals surface area (Å²) in [6.07, 6.45) is 3.81. The molecule has 0 amide bonds. The van der Waals surface area contributed by atoms with Crippen molar-refractivity contribution in [3.05, 3.63) is 113 Å². The van der Waals surface area contributed by atoms with Crippen molar-refractivity contribution in [2.75, 3.05) is 7.11 Å². The molecule has 3 heterocycles. The molecule has 0 spiro atoms. The van der Waals surface area contributed by atoms with Crippen LogP contribution in [0, 0.1) is 0 Å². The van der Waals surface area contributed by atoms with Crippen LogP contribution in [0.25, 0.3) is 11.8 Å². The summed E-state index contributed by atoms with van der Waals surface area (Å²) in [5.74, 6) is 0.790. The van der Waals surface area contributed by atoms with Gasteiger partial charge in [-0.15, -0.1) is 11.3 Å². The van der Waals surface area contributed by atoms with Crippen molar-refractivity contribution in [3.8, 4) is 5.75 Å². The van der Waals surface area contributed by atoms with E-state index in [4.69, 9.17) is 9.73 Å². The summed E-state index contributed by atoms with van der Waals surface area (Å²) in [6.45, 7) is 0. The zero-order valence-electron chi connectivity index (χ0n) is 17.4. The number of allylic oxidation sites excluding steroid dienone is 1. The largest absolute Gasteiger partial charge is 0.497 e. The van der Waals surface area contributed by atoms with E-state index in [0.29, 0.717) is 4.53 Å². The summed E-state index contributed by atoms with van der Waals surface area (Å²) in [5, 5.41) is 2.03. The lowest BCUT2D eigenvalue weighted by molar-refractivity contribution is 0.413. The van der Waals surface area contributed by atoms with Crippen LogP contribution in [0.1, 0.15) is 34.0 Å². The molecule has 0 unspecified atom stereocenters. The summed E-state index contributed by atoms with van der Waals surface area (Å²) >= 11 is 3.10. The van der Waals surface area contributed by atoms with E-state index in [1.54, 1.807) is 18.4 Å². The van der Waals surface area contributed by atoms with E-state index in [0.717, 1.165) is 39.5 Å². The summed E-state index contributed by atoms with van der Waals surface area (Å²) in [4.78, 5) is 20.5. The van der Waals surface area contributed by atoms with Gasteiger partial charge in [-0.05, 0) is 59.2 Å². The number of rotatable bonds is 3. The maximum Gasteiger partial charge on any atom is 0.271 e. The second kappa shape index (κ2) is 7.73. The minimum absolute atomic E-state index is 0.0142. The Labute approximate surface area is 193 Å². The molecule has 4 nitrogen and oxygen atoms in total. The molecule has 0 fully saturated rings. The Kier molecular flexibility index (Phi) is 4.70. The van der Waals surface area contributed by atoms with Crippen molar-refractivity contribution in [3.63, 3.8) is 0 Å². The van der Waals surface area contributed by atoms with Crippen LogP contribution in [0.4, 0.5) is 0 Å². The van der Waals surface area contributed by atoms with Crippen LogP contribution in [-0.4, -0.2) is 11.7 Å².